The summed E-state index contributed by atoms with van der Waals surface area (Å²) < 4.78 is 27.4. The highest BCUT2D eigenvalue weighted by Gasteiger charge is 2.29. The Hall–Kier alpha value is -2.35. The topological polar surface area (TPSA) is 62.3 Å². The van der Waals surface area contributed by atoms with E-state index in [9.17, 15) is 18.4 Å². The SMILES string of the molecule is O=C(NCc1csc([C@H]2CCCN(C(=O)c3cc(F)ccc3F)C2)n1)C1CCC1. The fourth-order valence-corrected chi connectivity index (χ4v) is 4.73. The number of likely N-dealkylation sites (tertiary alicyclic amines) is 1. The molecule has 0 unspecified atom stereocenters. The van der Waals surface area contributed by atoms with Crippen molar-refractivity contribution >= 4 is 23.2 Å². The summed E-state index contributed by atoms with van der Waals surface area (Å²) in [5, 5.41) is 5.79. The van der Waals surface area contributed by atoms with E-state index in [1.165, 1.54) is 11.3 Å². The molecular weight excluding hydrogens is 396 g/mol. The van der Waals surface area contributed by atoms with Crippen molar-refractivity contribution in [3.05, 3.63) is 51.5 Å². The van der Waals surface area contributed by atoms with Gasteiger partial charge >= 0.3 is 0 Å². The Morgan fingerprint density at radius 2 is 2.03 bits per heavy atom. The molecule has 1 aliphatic heterocycles. The third-order valence-corrected chi connectivity index (χ3v) is 6.76. The number of benzene rings is 1. The largest absolute Gasteiger partial charge is 0.350 e. The molecule has 1 N–H and O–H groups in total. The van der Waals surface area contributed by atoms with Crippen LogP contribution >= 0.6 is 11.3 Å². The van der Waals surface area contributed by atoms with E-state index in [0.29, 0.717) is 19.6 Å². The van der Waals surface area contributed by atoms with Crippen LogP contribution < -0.4 is 5.32 Å². The summed E-state index contributed by atoms with van der Waals surface area (Å²) >= 11 is 1.52. The molecule has 2 aromatic rings. The van der Waals surface area contributed by atoms with Crippen LogP contribution in [0.3, 0.4) is 0 Å². The van der Waals surface area contributed by atoms with Crippen LogP contribution in [0.4, 0.5) is 8.78 Å². The van der Waals surface area contributed by atoms with Crippen molar-refractivity contribution in [2.45, 2.75) is 44.6 Å². The Morgan fingerprint density at radius 3 is 2.79 bits per heavy atom. The fourth-order valence-electron chi connectivity index (χ4n) is 3.78. The van der Waals surface area contributed by atoms with Gasteiger partial charge in [0.25, 0.3) is 5.91 Å². The number of nitrogens with one attached hydrogen (secondary N) is 1. The van der Waals surface area contributed by atoms with Crippen LogP contribution in [0.15, 0.2) is 23.6 Å². The molecule has 1 aliphatic carbocycles. The van der Waals surface area contributed by atoms with Crippen LogP contribution in [0.1, 0.15) is 59.1 Å². The van der Waals surface area contributed by atoms with E-state index in [4.69, 9.17) is 0 Å². The summed E-state index contributed by atoms with van der Waals surface area (Å²) in [6.45, 7) is 1.35. The Labute approximate surface area is 172 Å². The quantitative estimate of drug-likeness (QED) is 0.801. The van der Waals surface area contributed by atoms with E-state index in [-0.39, 0.29) is 23.3 Å². The van der Waals surface area contributed by atoms with Gasteiger partial charge in [0.15, 0.2) is 0 Å². The highest BCUT2D eigenvalue weighted by atomic mass is 32.1. The van der Waals surface area contributed by atoms with Crippen molar-refractivity contribution in [1.29, 1.82) is 0 Å². The molecule has 0 spiro atoms. The third-order valence-electron chi connectivity index (χ3n) is 5.71. The fraction of sp³-hybridized carbons (Fsp3) is 0.476. The highest BCUT2D eigenvalue weighted by molar-refractivity contribution is 7.09. The minimum atomic E-state index is -0.711. The predicted molar refractivity (Wildman–Crippen MR) is 106 cm³/mol. The molecule has 1 saturated heterocycles. The number of carbonyl (C=O) groups excluding carboxylic acids is 2. The van der Waals surface area contributed by atoms with Gasteiger partial charge in [-0.15, -0.1) is 11.3 Å². The molecule has 5 nitrogen and oxygen atoms in total. The standard InChI is InChI=1S/C21H23F2N3O2S/c22-15-6-7-18(23)17(9-15)21(28)26-8-2-5-14(11-26)20-25-16(12-29-20)10-24-19(27)13-3-1-4-13/h6-7,9,12-14H,1-5,8,10-11H2,(H,24,27)/t14-/m0/s1. The molecule has 1 saturated carbocycles. The Morgan fingerprint density at radius 1 is 1.21 bits per heavy atom. The van der Waals surface area contributed by atoms with E-state index in [0.717, 1.165) is 61.0 Å². The molecule has 4 rings (SSSR count). The number of nitrogens with zero attached hydrogens (tertiary/aromatic N) is 2. The third kappa shape index (κ3) is 4.47. The average molecular weight is 419 g/mol. The number of aromatic nitrogens is 1. The molecule has 1 atom stereocenters. The van der Waals surface area contributed by atoms with Crippen molar-refractivity contribution in [2.75, 3.05) is 13.1 Å². The molecule has 154 valence electrons. The lowest BCUT2D eigenvalue weighted by Gasteiger charge is -2.32. The first-order valence-corrected chi connectivity index (χ1v) is 10.9. The van der Waals surface area contributed by atoms with Crippen LogP contribution in [0, 0.1) is 17.6 Å². The zero-order valence-electron chi connectivity index (χ0n) is 16.0. The zero-order valence-corrected chi connectivity index (χ0v) is 16.8. The first-order chi connectivity index (χ1) is 14.0. The van der Waals surface area contributed by atoms with Crippen molar-refractivity contribution in [2.24, 2.45) is 5.92 Å². The Balaban J connectivity index is 1.38. The van der Waals surface area contributed by atoms with Crippen molar-refractivity contribution in [3.63, 3.8) is 0 Å². The number of piperidine rings is 1. The van der Waals surface area contributed by atoms with Crippen LogP contribution in [0.2, 0.25) is 0 Å². The summed E-state index contributed by atoms with van der Waals surface area (Å²) in [6, 6.07) is 2.94. The highest BCUT2D eigenvalue weighted by Crippen LogP contribution is 2.31. The lowest BCUT2D eigenvalue weighted by Crippen LogP contribution is -2.39. The van der Waals surface area contributed by atoms with E-state index in [1.807, 2.05) is 5.38 Å². The molecule has 2 aliphatic rings. The van der Waals surface area contributed by atoms with Crippen molar-refractivity contribution < 1.29 is 18.4 Å². The van der Waals surface area contributed by atoms with Gasteiger partial charge in [-0.05, 0) is 43.9 Å². The molecule has 2 amide bonds. The van der Waals surface area contributed by atoms with Gasteiger partial charge in [-0.25, -0.2) is 13.8 Å². The summed E-state index contributed by atoms with van der Waals surface area (Å²) in [6.07, 6.45) is 4.71. The maximum atomic E-state index is 14.0. The zero-order chi connectivity index (χ0) is 20.4. The molecular formula is C21H23F2N3O2S. The van der Waals surface area contributed by atoms with Crippen LogP contribution in [-0.2, 0) is 11.3 Å². The minimum absolute atomic E-state index is 0.0606. The molecule has 0 radical (unpaired) electrons. The van der Waals surface area contributed by atoms with Crippen LogP contribution in [0.25, 0.3) is 0 Å². The maximum Gasteiger partial charge on any atom is 0.256 e. The van der Waals surface area contributed by atoms with Gasteiger partial charge in [0.2, 0.25) is 5.91 Å². The number of hydrogen-bond acceptors (Lipinski definition) is 4. The van der Waals surface area contributed by atoms with Gasteiger partial charge in [0.05, 0.1) is 22.8 Å². The minimum Gasteiger partial charge on any atom is -0.350 e. The average Bonchev–Trinajstić information content (AvgIpc) is 3.15. The molecule has 1 aromatic carbocycles. The molecule has 29 heavy (non-hydrogen) atoms. The van der Waals surface area contributed by atoms with Crippen LogP contribution in [0.5, 0.6) is 0 Å². The number of halogens is 2. The van der Waals surface area contributed by atoms with Gasteiger partial charge in [0, 0.05) is 30.3 Å². The monoisotopic (exact) mass is 419 g/mol. The van der Waals surface area contributed by atoms with E-state index < -0.39 is 17.5 Å². The summed E-state index contributed by atoms with van der Waals surface area (Å²) in [4.78, 5) is 30.9. The molecule has 2 heterocycles. The normalized spacial score (nSPS) is 19.7. The summed E-state index contributed by atoms with van der Waals surface area (Å²) in [5.41, 5.74) is 0.585. The second-order valence-corrected chi connectivity index (χ2v) is 8.63. The Bertz CT molecular complexity index is 913. The van der Waals surface area contributed by atoms with Crippen molar-refractivity contribution in [1.82, 2.24) is 15.2 Å². The second-order valence-electron chi connectivity index (χ2n) is 7.74. The van der Waals surface area contributed by atoms with Crippen LogP contribution in [-0.4, -0.2) is 34.8 Å². The van der Waals surface area contributed by atoms with Gasteiger partial charge in [-0.3, -0.25) is 9.59 Å². The van der Waals surface area contributed by atoms with Gasteiger partial charge < -0.3 is 10.2 Å². The van der Waals surface area contributed by atoms with Gasteiger partial charge in [0.1, 0.15) is 11.6 Å². The van der Waals surface area contributed by atoms with Gasteiger partial charge in [-0.2, -0.15) is 0 Å². The maximum absolute atomic E-state index is 14.0. The predicted octanol–water partition coefficient (Wildman–Crippen LogP) is 3.86. The first kappa shape index (κ1) is 19.9. The lowest BCUT2D eigenvalue weighted by molar-refractivity contribution is -0.127. The molecule has 8 heteroatoms. The Kier molecular flexibility index (Phi) is 5.89. The van der Waals surface area contributed by atoms with E-state index in [2.05, 4.69) is 10.3 Å². The first-order valence-electron chi connectivity index (χ1n) is 9.97. The summed E-state index contributed by atoms with van der Waals surface area (Å²) in [7, 11) is 0. The van der Waals surface area contributed by atoms with Crippen molar-refractivity contribution in [3.8, 4) is 0 Å². The second kappa shape index (κ2) is 8.57. The van der Waals surface area contributed by atoms with E-state index >= 15 is 0 Å². The number of rotatable bonds is 5. The molecule has 2 fully saturated rings. The number of thiazole rings is 1. The number of amides is 2. The molecule has 0 bridgehead atoms. The smallest absolute Gasteiger partial charge is 0.256 e. The number of hydrogen-bond donors (Lipinski definition) is 1. The molecule has 1 aromatic heterocycles. The number of carbonyl (C=O) groups is 2. The lowest BCUT2D eigenvalue weighted by atomic mass is 9.85. The van der Waals surface area contributed by atoms with Gasteiger partial charge in [-0.1, -0.05) is 6.42 Å². The summed E-state index contributed by atoms with van der Waals surface area (Å²) in [5.74, 6) is -1.53. The van der Waals surface area contributed by atoms with E-state index in [1.54, 1.807) is 4.90 Å².